The number of rotatable bonds is 4. The first kappa shape index (κ1) is 25.4. The highest BCUT2D eigenvalue weighted by Gasteiger charge is 2.47. The van der Waals surface area contributed by atoms with E-state index in [1.165, 1.54) is 20.1 Å². The number of aliphatic hydroxyl groups excluding tert-OH is 1. The van der Waals surface area contributed by atoms with Gasteiger partial charge in [-0.3, -0.25) is 14.4 Å². The lowest BCUT2D eigenvalue weighted by Gasteiger charge is -2.41. The molecule has 37 heavy (non-hydrogen) atoms. The zero-order valence-corrected chi connectivity index (χ0v) is 21.1. The van der Waals surface area contributed by atoms with Crippen LogP contribution in [0, 0.1) is 11.8 Å². The minimum atomic E-state index is -0.914. The van der Waals surface area contributed by atoms with Crippen LogP contribution in [0.4, 0.5) is 0 Å². The number of hydrogen-bond acceptors (Lipinski definition) is 9. The summed E-state index contributed by atoms with van der Waals surface area (Å²) in [5, 5.41) is 33.0. The predicted octanol–water partition coefficient (Wildman–Crippen LogP) is 3.22. The van der Waals surface area contributed by atoms with Crippen LogP contribution in [0.15, 0.2) is 18.2 Å². The fourth-order valence-corrected chi connectivity index (χ4v) is 5.92. The molecular weight excluding hydrogens is 480 g/mol. The number of methoxy groups -OCH3 is 1. The summed E-state index contributed by atoms with van der Waals surface area (Å²) < 4.78 is 17.4. The molecule has 9 heteroatoms. The van der Waals surface area contributed by atoms with Crippen molar-refractivity contribution in [1.82, 2.24) is 0 Å². The quantitative estimate of drug-likeness (QED) is 0.451. The lowest BCUT2D eigenvalue weighted by atomic mass is 9.69. The van der Waals surface area contributed by atoms with Crippen molar-refractivity contribution in [2.75, 3.05) is 7.11 Å². The standard InChI is InChI=1S/C28H30O9/c1-11-15(12(2)29)10-16-21(28(11)37-19-9-8-17(30)13(3)36-19)27(34)23-22(25(16)32)24(31)14-6-5-7-18(35-4)20(14)26(23)33/h5-7,11,13,15,17,19,28,30,32,34H,8-10H2,1-4H3/t11?,13-,15+,17-,19-,28-/m0/s1. The third-order valence-corrected chi connectivity index (χ3v) is 8.01. The minimum absolute atomic E-state index is 0.0125. The van der Waals surface area contributed by atoms with Crippen molar-refractivity contribution >= 4 is 17.3 Å². The van der Waals surface area contributed by atoms with Gasteiger partial charge in [-0.1, -0.05) is 19.1 Å². The number of carbonyl (C=O) groups excluding carboxylic acids is 3. The molecule has 2 aromatic rings. The predicted molar refractivity (Wildman–Crippen MR) is 130 cm³/mol. The smallest absolute Gasteiger partial charge is 0.202 e. The number of benzene rings is 2. The molecule has 1 saturated heterocycles. The molecule has 0 saturated carbocycles. The number of phenolic OH excluding ortho intramolecular Hbond substituents is 2. The third-order valence-electron chi connectivity index (χ3n) is 8.01. The van der Waals surface area contributed by atoms with E-state index >= 15 is 0 Å². The van der Waals surface area contributed by atoms with Gasteiger partial charge in [0.1, 0.15) is 23.0 Å². The number of ketones is 3. The van der Waals surface area contributed by atoms with E-state index in [1.54, 1.807) is 19.1 Å². The fourth-order valence-electron chi connectivity index (χ4n) is 5.92. The van der Waals surface area contributed by atoms with E-state index < -0.39 is 59.5 Å². The van der Waals surface area contributed by atoms with Gasteiger partial charge in [0.25, 0.3) is 0 Å². The van der Waals surface area contributed by atoms with Gasteiger partial charge in [-0.15, -0.1) is 0 Å². The SMILES string of the molecule is COc1cccc2c1C(=O)c1c(O)c3c(c(O)c1C2=O)C[C@@H](C(C)=O)C(C)[C@@H]3O[C@H]1CC[C@H](O)[C@H](C)O1. The molecule has 0 spiro atoms. The number of carbonyl (C=O) groups is 3. The van der Waals surface area contributed by atoms with Crippen LogP contribution in [0.5, 0.6) is 17.2 Å². The molecule has 0 amide bonds. The van der Waals surface area contributed by atoms with Gasteiger partial charge in [0, 0.05) is 29.0 Å². The van der Waals surface area contributed by atoms with Gasteiger partial charge < -0.3 is 29.5 Å². The van der Waals surface area contributed by atoms with Crippen LogP contribution < -0.4 is 4.74 Å². The van der Waals surface area contributed by atoms with Crippen molar-refractivity contribution in [3.05, 3.63) is 51.6 Å². The van der Waals surface area contributed by atoms with Crippen molar-refractivity contribution in [2.24, 2.45) is 11.8 Å². The van der Waals surface area contributed by atoms with Gasteiger partial charge in [0.15, 0.2) is 12.1 Å². The largest absolute Gasteiger partial charge is 0.507 e. The number of phenols is 2. The summed E-state index contributed by atoms with van der Waals surface area (Å²) in [7, 11) is 1.38. The van der Waals surface area contributed by atoms with Crippen LogP contribution in [0.3, 0.4) is 0 Å². The molecule has 2 aromatic carbocycles. The third kappa shape index (κ3) is 3.84. The number of hydrogen-bond donors (Lipinski definition) is 3. The average Bonchev–Trinajstić information content (AvgIpc) is 2.87. The molecule has 1 unspecified atom stereocenters. The molecule has 9 nitrogen and oxygen atoms in total. The van der Waals surface area contributed by atoms with Gasteiger partial charge in [-0.25, -0.2) is 0 Å². The molecule has 3 N–H and O–H groups in total. The van der Waals surface area contributed by atoms with Gasteiger partial charge >= 0.3 is 0 Å². The Labute approximate surface area is 214 Å². The summed E-state index contributed by atoms with van der Waals surface area (Å²) in [6.45, 7) is 4.99. The Balaban J connectivity index is 1.69. The van der Waals surface area contributed by atoms with Gasteiger partial charge in [0.2, 0.25) is 5.78 Å². The zero-order chi connectivity index (χ0) is 26.8. The van der Waals surface area contributed by atoms with E-state index in [-0.39, 0.29) is 51.3 Å². The Bertz CT molecular complexity index is 1310. The number of ether oxygens (including phenoxy) is 3. The van der Waals surface area contributed by atoms with Crippen molar-refractivity contribution in [1.29, 1.82) is 0 Å². The molecule has 2 aliphatic carbocycles. The fraction of sp³-hybridized carbons (Fsp3) is 0.464. The number of Topliss-reactive ketones (excluding diaryl/α,β-unsaturated/α-hetero) is 1. The van der Waals surface area contributed by atoms with E-state index in [9.17, 15) is 29.7 Å². The van der Waals surface area contributed by atoms with Gasteiger partial charge in [-0.05, 0) is 38.7 Å². The minimum Gasteiger partial charge on any atom is -0.507 e. The summed E-state index contributed by atoms with van der Waals surface area (Å²) in [5.74, 6) is -3.11. The summed E-state index contributed by atoms with van der Waals surface area (Å²) >= 11 is 0. The average molecular weight is 511 g/mol. The van der Waals surface area contributed by atoms with E-state index in [2.05, 4.69) is 0 Å². The van der Waals surface area contributed by atoms with Gasteiger partial charge in [0.05, 0.1) is 42.1 Å². The highest BCUT2D eigenvalue weighted by molar-refractivity contribution is 6.31. The van der Waals surface area contributed by atoms with Crippen molar-refractivity contribution < 1.29 is 43.9 Å². The monoisotopic (exact) mass is 510 g/mol. The Hall–Kier alpha value is -3.27. The van der Waals surface area contributed by atoms with Crippen LogP contribution in [-0.2, 0) is 20.7 Å². The Morgan fingerprint density at radius 2 is 1.73 bits per heavy atom. The van der Waals surface area contributed by atoms with Crippen molar-refractivity contribution in [3.63, 3.8) is 0 Å². The number of aliphatic hydroxyl groups is 1. The Morgan fingerprint density at radius 3 is 2.38 bits per heavy atom. The van der Waals surface area contributed by atoms with Crippen LogP contribution in [0.2, 0.25) is 0 Å². The van der Waals surface area contributed by atoms with E-state index in [4.69, 9.17) is 14.2 Å². The molecular formula is C28H30O9. The summed E-state index contributed by atoms with van der Waals surface area (Å²) in [6, 6.07) is 4.59. The first-order valence-electron chi connectivity index (χ1n) is 12.4. The maximum absolute atomic E-state index is 13.7. The molecule has 1 aliphatic heterocycles. The van der Waals surface area contributed by atoms with Crippen LogP contribution in [-0.4, -0.2) is 58.3 Å². The molecule has 196 valence electrons. The number of fused-ring (bicyclic) bond motifs is 3. The molecule has 0 radical (unpaired) electrons. The summed E-state index contributed by atoms with van der Waals surface area (Å²) in [4.78, 5) is 39.8. The van der Waals surface area contributed by atoms with E-state index in [0.29, 0.717) is 12.8 Å². The second kappa shape index (κ2) is 9.24. The maximum atomic E-state index is 13.7. The van der Waals surface area contributed by atoms with Crippen LogP contribution in [0.25, 0.3) is 0 Å². The van der Waals surface area contributed by atoms with Gasteiger partial charge in [-0.2, -0.15) is 0 Å². The normalized spacial score (nSPS) is 28.8. The Kier molecular flexibility index (Phi) is 6.34. The zero-order valence-electron chi connectivity index (χ0n) is 21.1. The second-order valence-corrected chi connectivity index (χ2v) is 10.1. The van der Waals surface area contributed by atoms with Crippen molar-refractivity contribution in [3.8, 4) is 17.2 Å². The van der Waals surface area contributed by atoms with E-state index in [0.717, 1.165) is 0 Å². The molecule has 0 aromatic heterocycles. The summed E-state index contributed by atoms with van der Waals surface area (Å²) in [5.41, 5.74) is -0.149. The van der Waals surface area contributed by atoms with Crippen LogP contribution in [0.1, 0.15) is 82.7 Å². The van der Waals surface area contributed by atoms with Crippen LogP contribution >= 0.6 is 0 Å². The first-order chi connectivity index (χ1) is 17.6. The van der Waals surface area contributed by atoms with E-state index in [1.807, 2.05) is 6.92 Å². The highest BCUT2D eigenvalue weighted by atomic mass is 16.7. The topological polar surface area (TPSA) is 140 Å². The molecule has 0 bridgehead atoms. The first-order valence-corrected chi connectivity index (χ1v) is 12.4. The maximum Gasteiger partial charge on any atom is 0.202 e. The van der Waals surface area contributed by atoms with Crippen molar-refractivity contribution in [2.45, 2.75) is 64.6 Å². The molecule has 5 rings (SSSR count). The Morgan fingerprint density at radius 1 is 1.03 bits per heavy atom. The summed E-state index contributed by atoms with van der Waals surface area (Å²) in [6.07, 6.45) is -1.86. The lowest BCUT2D eigenvalue weighted by Crippen LogP contribution is -2.41. The lowest BCUT2D eigenvalue weighted by molar-refractivity contribution is -0.245. The molecule has 6 atom stereocenters. The number of aromatic hydroxyl groups is 2. The molecule has 1 heterocycles. The molecule has 3 aliphatic rings. The molecule has 1 fully saturated rings. The second-order valence-electron chi connectivity index (χ2n) is 10.1. The highest BCUT2D eigenvalue weighted by Crippen LogP contribution is 2.53.